The Morgan fingerprint density at radius 3 is 2.22 bits per heavy atom. The van der Waals surface area contributed by atoms with Gasteiger partial charge in [-0.05, 0) is 61.6 Å². The van der Waals surface area contributed by atoms with Gasteiger partial charge in [0, 0.05) is 42.3 Å². The summed E-state index contributed by atoms with van der Waals surface area (Å²) < 4.78 is 0. The Labute approximate surface area is 216 Å². The third-order valence-electron chi connectivity index (χ3n) is 6.61. The number of nitrogens with one attached hydrogen (secondary N) is 3. The smallest absolute Gasteiger partial charge is 0.323 e. The lowest BCUT2D eigenvalue weighted by atomic mass is 9.97. The summed E-state index contributed by atoms with van der Waals surface area (Å²) in [4.78, 5) is 38.6. The van der Waals surface area contributed by atoms with Crippen LogP contribution in [0.25, 0.3) is 0 Å². The molecule has 1 heterocycles. The summed E-state index contributed by atoms with van der Waals surface area (Å²) in [5, 5.41) is 19.3. The molecule has 0 unspecified atom stereocenters. The molecule has 1 aliphatic heterocycles. The minimum Gasteiger partial charge on any atom is -0.371 e. The van der Waals surface area contributed by atoms with Gasteiger partial charge in [0.15, 0.2) is 0 Å². The molecule has 0 saturated carbocycles. The van der Waals surface area contributed by atoms with Crippen molar-refractivity contribution in [3.05, 3.63) is 94.0 Å². The van der Waals surface area contributed by atoms with E-state index in [1.165, 1.54) is 24.3 Å². The van der Waals surface area contributed by atoms with Gasteiger partial charge in [0.2, 0.25) is 0 Å². The Morgan fingerprint density at radius 2 is 1.57 bits per heavy atom. The molecular weight excluding hydrogens is 470 g/mol. The lowest BCUT2D eigenvalue weighted by Gasteiger charge is -2.33. The van der Waals surface area contributed by atoms with Gasteiger partial charge in [-0.15, -0.1) is 0 Å². The number of nitro groups is 1. The van der Waals surface area contributed by atoms with Crippen molar-refractivity contribution in [1.82, 2.24) is 5.32 Å². The second-order valence-electron chi connectivity index (χ2n) is 9.39. The molecular formula is C28H31N5O4. The van der Waals surface area contributed by atoms with Gasteiger partial charge < -0.3 is 20.9 Å². The van der Waals surface area contributed by atoms with E-state index in [4.69, 9.17) is 0 Å². The molecule has 9 nitrogen and oxygen atoms in total. The number of rotatable bonds is 7. The first kappa shape index (κ1) is 25.7. The van der Waals surface area contributed by atoms with Gasteiger partial charge >= 0.3 is 6.03 Å². The second kappa shape index (κ2) is 11.6. The van der Waals surface area contributed by atoms with Crippen LogP contribution in [0.3, 0.4) is 0 Å². The van der Waals surface area contributed by atoms with Crippen LogP contribution in [-0.4, -0.2) is 30.0 Å². The molecule has 1 aliphatic rings. The van der Waals surface area contributed by atoms with Crippen molar-refractivity contribution < 1.29 is 14.5 Å². The molecule has 3 aromatic rings. The number of anilines is 3. The van der Waals surface area contributed by atoms with Gasteiger partial charge in [0.05, 0.1) is 16.5 Å². The average Bonchev–Trinajstić information content (AvgIpc) is 2.90. The zero-order valence-electron chi connectivity index (χ0n) is 20.9. The maximum atomic E-state index is 13.5. The summed E-state index contributed by atoms with van der Waals surface area (Å²) in [5.74, 6) is 0.431. The summed E-state index contributed by atoms with van der Waals surface area (Å²) in [6.07, 6.45) is 2.11. The number of nitrogens with zero attached hydrogens (tertiary/aromatic N) is 2. The average molecular weight is 502 g/mol. The van der Waals surface area contributed by atoms with E-state index in [-0.39, 0.29) is 17.6 Å². The highest BCUT2D eigenvalue weighted by molar-refractivity contribution is 6.04. The van der Waals surface area contributed by atoms with E-state index < -0.39 is 11.0 Å². The van der Waals surface area contributed by atoms with Crippen molar-refractivity contribution in [2.75, 3.05) is 28.6 Å². The summed E-state index contributed by atoms with van der Waals surface area (Å²) in [6, 6.07) is 19.9. The van der Waals surface area contributed by atoms with Crippen molar-refractivity contribution in [3.63, 3.8) is 0 Å². The second-order valence-corrected chi connectivity index (χ2v) is 9.39. The molecule has 9 heteroatoms. The van der Waals surface area contributed by atoms with Gasteiger partial charge in [-0.1, -0.05) is 37.3 Å². The van der Waals surface area contributed by atoms with Crippen LogP contribution >= 0.6 is 0 Å². The minimum absolute atomic E-state index is 0.0611. The standard InChI is InChI=1S/C28H31N5O4/c1-19-14-16-32(17-15-19)26-13-10-23(31-28(35)30-22-8-11-24(12-9-22)33(36)37)18-25(26)27(34)29-20(2)21-6-4-3-5-7-21/h3-13,18-20H,14-17H2,1-2H3,(H,29,34)(H2,30,31,35)/t20-/m0/s1. The maximum Gasteiger partial charge on any atom is 0.323 e. The molecule has 3 aromatic carbocycles. The van der Waals surface area contributed by atoms with Crippen LogP contribution in [0.5, 0.6) is 0 Å². The fourth-order valence-electron chi connectivity index (χ4n) is 4.38. The van der Waals surface area contributed by atoms with Crippen molar-refractivity contribution in [3.8, 4) is 0 Å². The highest BCUT2D eigenvalue weighted by atomic mass is 16.6. The molecule has 1 fully saturated rings. The quantitative estimate of drug-likeness (QED) is 0.273. The number of hydrogen-bond donors (Lipinski definition) is 3. The van der Waals surface area contributed by atoms with Gasteiger partial charge in [-0.2, -0.15) is 0 Å². The van der Waals surface area contributed by atoms with E-state index in [1.807, 2.05) is 43.3 Å². The Kier molecular flexibility index (Phi) is 8.02. The molecule has 37 heavy (non-hydrogen) atoms. The largest absolute Gasteiger partial charge is 0.371 e. The molecule has 0 bridgehead atoms. The highest BCUT2D eigenvalue weighted by Crippen LogP contribution is 2.29. The molecule has 0 spiro atoms. The lowest BCUT2D eigenvalue weighted by Crippen LogP contribution is -2.35. The first-order chi connectivity index (χ1) is 17.8. The predicted octanol–water partition coefficient (Wildman–Crippen LogP) is 5.97. The summed E-state index contributed by atoms with van der Waals surface area (Å²) >= 11 is 0. The lowest BCUT2D eigenvalue weighted by molar-refractivity contribution is -0.384. The zero-order chi connectivity index (χ0) is 26.4. The van der Waals surface area contributed by atoms with E-state index in [1.54, 1.807) is 12.1 Å². The Morgan fingerprint density at radius 1 is 0.946 bits per heavy atom. The van der Waals surface area contributed by atoms with Crippen LogP contribution in [0, 0.1) is 16.0 Å². The first-order valence-electron chi connectivity index (χ1n) is 12.4. The van der Waals surface area contributed by atoms with Gasteiger partial charge in [-0.25, -0.2) is 4.79 Å². The van der Waals surface area contributed by atoms with Crippen LogP contribution in [0.4, 0.5) is 27.5 Å². The monoisotopic (exact) mass is 501 g/mol. The molecule has 3 amide bonds. The Balaban J connectivity index is 1.53. The van der Waals surface area contributed by atoms with E-state index in [2.05, 4.69) is 27.8 Å². The van der Waals surface area contributed by atoms with Gasteiger partial charge in [0.1, 0.15) is 0 Å². The van der Waals surface area contributed by atoms with Gasteiger partial charge in [0.25, 0.3) is 11.6 Å². The molecule has 4 rings (SSSR count). The minimum atomic E-state index is -0.516. The molecule has 192 valence electrons. The number of urea groups is 1. The summed E-state index contributed by atoms with van der Waals surface area (Å²) in [7, 11) is 0. The SMILES string of the molecule is CC1CCN(c2ccc(NC(=O)Nc3ccc([N+](=O)[O-])cc3)cc2C(=O)N[C@@H](C)c2ccccc2)CC1. The van der Waals surface area contributed by atoms with Crippen molar-refractivity contribution in [2.24, 2.45) is 5.92 Å². The summed E-state index contributed by atoms with van der Waals surface area (Å²) in [5.41, 5.74) is 3.15. The maximum absolute atomic E-state index is 13.5. The highest BCUT2D eigenvalue weighted by Gasteiger charge is 2.23. The van der Waals surface area contributed by atoms with E-state index >= 15 is 0 Å². The first-order valence-corrected chi connectivity index (χ1v) is 12.4. The van der Waals surface area contributed by atoms with Gasteiger partial charge in [-0.3, -0.25) is 14.9 Å². The molecule has 0 radical (unpaired) electrons. The fraction of sp³-hybridized carbons (Fsp3) is 0.286. The fourth-order valence-corrected chi connectivity index (χ4v) is 4.38. The number of hydrogen-bond acceptors (Lipinski definition) is 5. The van der Waals surface area contributed by atoms with E-state index in [0.29, 0.717) is 22.9 Å². The molecule has 1 atom stereocenters. The van der Waals surface area contributed by atoms with Crippen LogP contribution in [0.2, 0.25) is 0 Å². The number of carbonyl (C=O) groups excluding carboxylic acids is 2. The normalized spacial score (nSPS) is 14.5. The van der Waals surface area contributed by atoms with E-state index in [0.717, 1.165) is 37.2 Å². The number of carbonyl (C=O) groups is 2. The number of non-ortho nitro benzene ring substituents is 1. The van der Waals surface area contributed by atoms with Crippen molar-refractivity contribution in [1.29, 1.82) is 0 Å². The zero-order valence-corrected chi connectivity index (χ0v) is 20.9. The number of amides is 3. The Hall–Kier alpha value is -4.40. The van der Waals surface area contributed by atoms with Crippen molar-refractivity contribution in [2.45, 2.75) is 32.7 Å². The molecule has 0 aromatic heterocycles. The molecule has 3 N–H and O–H groups in total. The van der Waals surface area contributed by atoms with Crippen LogP contribution in [0.1, 0.15) is 48.7 Å². The third-order valence-corrected chi connectivity index (χ3v) is 6.61. The third kappa shape index (κ3) is 6.63. The number of benzene rings is 3. The Bertz CT molecular complexity index is 1260. The van der Waals surface area contributed by atoms with Crippen LogP contribution < -0.4 is 20.9 Å². The molecule has 0 aliphatic carbocycles. The molecule has 1 saturated heterocycles. The van der Waals surface area contributed by atoms with Crippen molar-refractivity contribution >= 4 is 34.7 Å². The summed E-state index contributed by atoms with van der Waals surface area (Å²) in [6.45, 7) is 5.91. The number of nitro benzene ring substituents is 1. The number of piperidine rings is 1. The predicted molar refractivity (Wildman–Crippen MR) is 145 cm³/mol. The van der Waals surface area contributed by atoms with Crippen LogP contribution in [-0.2, 0) is 0 Å². The van der Waals surface area contributed by atoms with Crippen LogP contribution in [0.15, 0.2) is 72.8 Å². The topological polar surface area (TPSA) is 117 Å². The van der Waals surface area contributed by atoms with E-state index in [9.17, 15) is 19.7 Å².